The number of furan rings is 1. The normalized spacial score (nSPS) is 12.6. The fourth-order valence-electron chi connectivity index (χ4n) is 1.42. The minimum Gasteiger partial charge on any atom is -0.480 e. The van der Waals surface area contributed by atoms with Crippen molar-refractivity contribution in [1.82, 2.24) is 4.90 Å². The monoisotopic (exact) mass is 237 g/mol. The zero-order valence-electron chi connectivity index (χ0n) is 9.79. The van der Waals surface area contributed by atoms with Crippen molar-refractivity contribution < 1.29 is 19.1 Å². The van der Waals surface area contributed by atoms with E-state index < -0.39 is 12.0 Å². The van der Waals surface area contributed by atoms with Crippen LogP contribution in [0.25, 0.3) is 6.08 Å². The maximum absolute atomic E-state index is 11.7. The van der Waals surface area contributed by atoms with Gasteiger partial charge in [0.1, 0.15) is 11.8 Å². The van der Waals surface area contributed by atoms with Gasteiger partial charge in [-0.2, -0.15) is 0 Å². The van der Waals surface area contributed by atoms with Crippen LogP contribution < -0.4 is 0 Å². The standard InChI is InChI=1S/C12H15NO4/c1-3-10(12(15)16)13(2)11(14)7-6-9-5-4-8-17-9/h4-8,10H,3H2,1-2H3,(H,15,16). The predicted molar refractivity (Wildman–Crippen MR) is 62.2 cm³/mol. The zero-order chi connectivity index (χ0) is 12.8. The van der Waals surface area contributed by atoms with Crippen molar-refractivity contribution in [2.75, 3.05) is 7.05 Å². The molecule has 1 heterocycles. The minimum atomic E-state index is -1.00. The van der Waals surface area contributed by atoms with E-state index in [0.29, 0.717) is 12.2 Å². The quantitative estimate of drug-likeness (QED) is 0.790. The van der Waals surface area contributed by atoms with Crippen LogP contribution in [-0.2, 0) is 9.59 Å². The molecule has 1 aromatic rings. The van der Waals surface area contributed by atoms with Crippen molar-refractivity contribution in [2.45, 2.75) is 19.4 Å². The van der Waals surface area contributed by atoms with Crippen LogP contribution in [0.15, 0.2) is 28.9 Å². The molecule has 0 saturated carbocycles. The Morgan fingerprint density at radius 2 is 2.29 bits per heavy atom. The number of carbonyl (C=O) groups excluding carboxylic acids is 1. The lowest BCUT2D eigenvalue weighted by molar-refractivity contribution is -0.147. The van der Waals surface area contributed by atoms with Gasteiger partial charge in [-0.15, -0.1) is 0 Å². The van der Waals surface area contributed by atoms with E-state index >= 15 is 0 Å². The lowest BCUT2D eigenvalue weighted by Crippen LogP contribution is -2.41. The van der Waals surface area contributed by atoms with Crippen LogP contribution in [0.1, 0.15) is 19.1 Å². The molecule has 1 N–H and O–H groups in total. The van der Waals surface area contributed by atoms with Crippen LogP contribution in [0.3, 0.4) is 0 Å². The third-order valence-corrected chi connectivity index (χ3v) is 2.42. The Balaban J connectivity index is 2.66. The lowest BCUT2D eigenvalue weighted by atomic mass is 10.2. The fraction of sp³-hybridized carbons (Fsp3) is 0.333. The summed E-state index contributed by atoms with van der Waals surface area (Å²) in [6, 6.07) is 2.61. The van der Waals surface area contributed by atoms with E-state index in [0.717, 1.165) is 0 Å². The van der Waals surface area contributed by atoms with Crippen molar-refractivity contribution in [1.29, 1.82) is 0 Å². The third-order valence-electron chi connectivity index (χ3n) is 2.42. The third kappa shape index (κ3) is 3.48. The van der Waals surface area contributed by atoms with E-state index in [-0.39, 0.29) is 5.91 Å². The van der Waals surface area contributed by atoms with Crippen molar-refractivity contribution in [3.05, 3.63) is 30.2 Å². The van der Waals surface area contributed by atoms with Crippen LogP contribution in [0.2, 0.25) is 0 Å². The molecule has 1 amide bonds. The number of likely N-dealkylation sites (N-methyl/N-ethyl adjacent to an activating group) is 1. The van der Waals surface area contributed by atoms with Crippen LogP contribution in [0.5, 0.6) is 0 Å². The average Bonchev–Trinajstić information content (AvgIpc) is 2.78. The van der Waals surface area contributed by atoms with E-state index in [1.54, 1.807) is 19.1 Å². The highest BCUT2D eigenvalue weighted by Crippen LogP contribution is 2.06. The van der Waals surface area contributed by atoms with E-state index in [9.17, 15) is 9.59 Å². The molecule has 5 nitrogen and oxygen atoms in total. The highest BCUT2D eigenvalue weighted by molar-refractivity contribution is 5.93. The molecule has 17 heavy (non-hydrogen) atoms. The first-order valence-electron chi connectivity index (χ1n) is 5.27. The first-order chi connectivity index (χ1) is 8.06. The van der Waals surface area contributed by atoms with Gasteiger partial charge in [-0.25, -0.2) is 4.79 Å². The molecule has 0 bridgehead atoms. The molecule has 1 rings (SSSR count). The Hall–Kier alpha value is -2.04. The number of rotatable bonds is 5. The van der Waals surface area contributed by atoms with Crippen molar-refractivity contribution in [3.63, 3.8) is 0 Å². The van der Waals surface area contributed by atoms with Gasteiger partial charge in [0.2, 0.25) is 5.91 Å². The lowest BCUT2D eigenvalue weighted by Gasteiger charge is -2.22. The van der Waals surface area contributed by atoms with Gasteiger partial charge in [0.05, 0.1) is 6.26 Å². The number of carboxylic acid groups (broad SMARTS) is 1. The maximum Gasteiger partial charge on any atom is 0.326 e. The second kappa shape index (κ2) is 5.89. The predicted octanol–water partition coefficient (Wildman–Crippen LogP) is 1.61. The van der Waals surface area contributed by atoms with Crippen molar-refractivity contribution in [2.24, 2.45) is 0 Å². The molecule has 1 aromatic heterocycles. The largest absolute Gasteiger partial charge is 0.480 e. The number of nitrogens with zero attached hydrogens (tertiary/aromatic N) is 1. The average molecular weight is 237 g/mol. The Morgan fingerprint density at radius 3 is 2.76 bits per heavy atom. The van der Waals surface area contributed by atoms with E-state index in [2.05, 4.69) is 0 Å². The first kappa shape index (κ1) is 13.0. The van der Waals surface area contributed by atoms with Gasteiger partial charge in [-0.1, -0.05) is 6.92 Å². The molecule has 0 aromatic carbocycles. The molecule has 5 heteroatoms. The van der Waals surface area contributed by atoms with Gasteiger partial charge in [0, 0.05) is 13.1 Å². The summed E-state index contributed by atoms with van der Waals surface area (Å²) in [6.45, 7) is 1.72. The van der Waals surface area contributed by atoms with Gasteiger partial charge < -0.3 is 14.4 Å². The number of carbonyl (C=O) groups is 2. The smallest absolute Gasteiger partial charge is 0.326 e. The Bertz CT molecular complexity index is 408. The SMILES string of the molecule is CCC(C(=O)O)N(C)C(=O)C=Cc1ccco1. The number of hydrogen-bond acceptors (Lipinski definition) is 3. The molecule has 92 valence electrons. The molecule has 0 fully saturated rings. The minimum absolute atomic E-state index is 0.365. The summed E-state index contributed by atoms with van der Waals surface area (Å²) in [5, 5.41) is 8.91. The van der Waals surface area contributed by atoms with Gasteiger partial charge in [-0.3, -0.25) is 4.79 Å². The van der Waals surface area contributed by atoms with E-state index in [1.165, 1.54) is 30.4 Å². The van der Waals surface area contributed by atoms with Crippen LogP contribution in [0.4, 0.5) is 0 Å². The Morgan fingerprint density at radius 1 is 1.59 bits per heavy atom. The summed E-state index contributed by atoms with van der Waals surface area (Å²) >= 11 is 0. The Labute approximate surface area is 99.3 Å². The zero-order valence-corrected chi connectivity index (χ0v) is 9.79. The van der Waals surface area contributed by atoms with Crippen LogP contribution in [0, 0.1) is 0 Å². The second-order valence-electron chi connectivity index (χ2n) is 3.56. The second-order valence-corrected chi connectivity index (χ2v) is 3.56. The number of amides is 1. The first-order valence-corrected chi connectivity index (χ1v) is 5.27. The van der Waals surface area contributed by atoms with Crippen LogP contribution >= 0.6 is 0 Å². The van der Waals surface area contributed by atoms with E-state index in [1.807, 2.05) is 0 Å². The highest BCUT2D eigenvalue weighted by Gasteiger charge is 2.22. The number of aliphatic carboxylic acids is 1. The van der Waals surface area contributed by atoms with Crippen molar-refractivity contribution >= 4 is 18.0 Å². The summed E-state index contributed by atoms with van der Waals surface area (Å²) in [5.74, 6) is -0.819. The molecule has 0 aliphatic carbocycles. The summed E-state index contributed by atoms with van der Waals surface area (Å²) in [6.07, 6.45) is 4.67. The Kier molecular flexibility index (Phi) is 4.51. The molecule has 1 unspecified atom stereocenters. The molecule has 0 spiro atoms. The molecule has 0 radical (unpaired) electrons. The molecule has 0 aliphatic heterocycles. The molecule has 0 aliphatic rings. The summed E-state index contributed by atoms with van der Waals surface area (Å²) < 4.78 is 5.02. The van der Waals surface area contributed by atoms with Gasteiger partial charge in [0.15, 0.2) is 0 Å². The number of hydrogen-bond donors (Lipinski definition) is 1. The highest BCUT2D eigenvalue weighted by atomic mass is 16.4. The number of carboxylic acids is 1. The molecule has 0 saturated heterocycles. The van der Waals surface area contributed by atoms with E-state index in [4.69, 9.17) is 9.52 Å². The van der Waals surface area contributed by atoms with Gasteiger partial charge in [-0.05, 0) is 24.6 Å². The van der Waals surface area contributed by atoms with Crippen molar-refractivity contribution in [3.8, 4) is 0 Å². The van der Waals surface area contributed by atoms with Gasteiger partial charge >= 0.3 is 5.97 Å². The molecular formula is C12H15NO4. The maximum atomic E-state index is 11.7. The summed E-state index contributed by atoms with van der Waals surface area (Å²) in [4.78, 5) is 23.7. The summed E-state index contributed by atoms with van der Waals surface area (Å²) in [5.41, 5.74) is 0. The van der Waals surface area contributed by atoms with Crippen LogP contribution in [-0.4, -0.2) is 35.0 Å². The molecule has 1 atom stereocenters. The topological polar surface area (TPSA) is 70.8 Å². The fourth-order valence-corrected chi connectivity index (χ4v) is 1.42. The molecular weight excluding hydrogens is 222 g/mol. The summed E-state index contributed by atoms with van der Waals surface area (Å²) in [7, 11) is 1.47. The van der Waals surface area contributed by atoms with Gasteiger partial charge in [0.25, 0.3) is 0 Å².